The predicted molar refractivity (Wildman–Crippen MR) is 125 cm³/mol. The molecule has 1 saturated heterocycles. The number of hydrazine groups is 1. The van der Waals surface area contributed by atoms with E-state index < -0.39 is 0 Å². The van der Waals surface area contributed by atoms with Gasteiger partial charge in [0.1, 0.15) is 0 Å². The van der Waals surface area contributed by atoms with Crippen molar-refractivity contribution >= 4 is 5.91 Å². The van der Waals surface area contributed by atoms with Crippen molar-refractivity contribution in [2.45, 2.75) is 76.4 Å². The Morgan fingerprint density at radius 3 is 2.32 bits per heavy atom. The van der Waals surface area contributed by atoms with Crippen molar-refractivity contribution in [2.24, 2.45) is 11.8 Å². The average Bonchev–Trinajstić information content (AvgIpc) is 3.34. The van der Waals surface area contributed by atoms with Gasteiger partial charge in [0.25, 0.3) is 0 Å². The Morgan fingerprint density at radius 2 is 1.52 bits per heavy atom. The Balaban J connectivity index is 1.28. The fourth-order valence-corrected chi connectivity index (χ4v) is 5.92. The molecule has 164 valence electrons. The number of carbonyl (C=O) groups is 1. The van der Waals surface area contributed by atoms with Crippen LogP contribution in [0.2, 0.25) is 0 Å². The molecule has 31 heavy (non-hydrogen) atoms. The van der Waals surface area contributed by atoms with Crippen LogP contribution < -0.4 is 16.2 Å². The largest absolute Gasteiger partial charge is 0.310 e. The van der Waals surface area contributed by atoms with E-state index >= 15 is 0 Å². The summed E-state index contributed by atoms with van der Waals surface area (Å²) >= 11 is 0. The lowest BCUT2D eigenvalue weighted by Gasteiger charge is -2.41. The minimum absolute atomic E-state index is 0.187. The van der Waals surface area contributed by atoms with Gasteiger partial charge in [0.15, 0.2) is 0 Å². The molecule has 3 unspecified atom stereocenters. The van der Waals surface area contributed by atoms with Crippen molar-refractivity contribution < 1.29 is 4.79 Å². The molecule has 0 aromatic heterocycles. The van der Waals surface area contributed by atoms with Gasteiger partial charge < -0.3 is 5.32 Å². The molecule has 2 aromatic carbocycles. The molecule has 3 N–H and O–H groups in total. The number of hydrogen-bond acceptors (Lipinski definition) is 3. The third-order valence-electron chi connectivity index (χ3n) is 7.65. The van der Waals surface area contributed by atoms with E-state index in [4.69, 9.17) is 0 Å². The summed E-state index contributed by atoms with van der Waals surface area (Å²) in [5.41, 5.74) is 11.5. The smallest absolute Gasteiger partial charge is 0.237 e. The van der Waals surface area contributed by atoms with Gasteiger partial charge in [-0.15, -0.1) is 0 Å². The highest BCUT2D eigenvalue weighted by Gasteiger charge is 2.39. The third-order valence-corrected chi connectivity index (χ3v) is 7.65. The van der Waals surface area contributed by atoms with E-state index in [0.29, 0.717) is 18.0 Å². The van der Waals surface area contributed by atoms with Gasteiger partial charge in [-0.05, 0) is 66.3 Å². The number of nitrogens with one attached hydrogen (secondary N) is 3. The first-order valence-electron chi connectivity index (χ1n) is 12.2. The predicted octanol–water partition coefficient (Wildman–Crippen LogP) is 4.74. The number of amides is 1. The van der Waals surface area contributed by atoms with Crippen LogP contribution in [-0.2, 0) is 17.8 Å². The van der Waals surface area contributed by atoms with E-state index in [-0.39, 0.29) is 11.8 Å². The molecular weight excluding hydrogens is 382 g/mol. The van der Waals surface area contributed by atoms with E-state index in [9.17, 15) is 4.79 Å². The number of fused-ring (bicyclic) bond motifs is 1. The van der Waals surface area contributed by atoms with Gasteiger partial charge in [-0.2, -0.15) is 0 Å². The molecule has 2 aliphatic carbocycles. The van der Waals surface area contributed by atoms with Crippen molar-refractivity contribution in [1.29, 1.82) is 0 Å². The summed E-state index contributed by atoms with van der Waals surface area (Å²) in [5.74, 6) is 0.834. The number of hydrogen-bond donors (Lipinski definition) is 3. The Hall–Kier alpha value is -2.17. The number of carbonyl (C=O) groups excluding carboxylic acids is 1. The summed E-state index contributed by atoms with van der Waals surface area (Å²) in [6.07, 6.45) is 11.0. The third kappa shape index (κ3) is 4.86. The van der Waals surface area contributed by atoms with E-state index in [0.717, 1.165) is 25.8 Å². The highest BCUT2D eigenvalue weighted by Crippen LogP contribution is 2.35. The standard InChI is InChI=1S/C27H35N3O/c31-27-25-14-4-3-13-24(25)26(29-30-27)17-19-7-5-9-21(15-19)22-10-6-8-20(16-22)18-28-23-11-1-2-12-23/h5-10,15-16,23-26,28-29H,1-4,11-14,17-18H2,(H,30,31). The van der Waals surface area contributed by atoms with Gasteiger partial charge in [0.2, 0.25) is 5.91 Å². The van der Waals surface area contributed by atoms with Crippen LogP contribution in [0.3, 0.4) is 0 Å². The summed E-state index contributed by atoms with van der Waals surface area (Å²) in [7, 11) is 0. The molecule has 0 radical (unpaired) electrons. The van der Waals surface area contributed by atoms with Crippen molar-refractivity contribution in [3.05, 3.63) is 59.7 Å². The second kappa shape index (κ2) is 9.54. The zero-order valence-electron chi connectivity index (χ0n) is 18.4. The second-order valence-electron chi connectivity index (χ2n) is 9.76. The summed E-state index contributed by atoms with van der Waals surface area (Å²) in [6, 6.07) is 18.9. The lowest BCUT2D eigenvalue weighted by atomic mass is 9.72. The lowest BCUT2D eigenvalue weighted by molar-refractivity contribution is -0.133. The molecule has 3 aliphatic rings. The normalized spacial score (nSPS) is 26.5. The van der Waals surface area contributed by atoms with Crippen LogP contribution in [0.15, 0.2) is 48.5 Å². The van der Waals surface area contributed by atoms with Crippen LogP contribution in [0, 0.1) is 11.8 Å². The molecule has 2 saturated carbocycles. The molecule has 0 bridgehead atoms. The topological polar surface area (TPSA) is 53.2 Å². The molecule has 3 fully saturated rings. The van der Waals surface area contributed by atoms with Gasteiger partial charge in [-0.3, -0.25) is 10.2 Å². The Morgan fingerprint density at radius 1 is 0.839 bits per heavy atom. The first-order valence-corrected chi connectivity index (χ1v) is 12.2. The van der Waals surface area contributed by atoms with Crippen molar-refractivity contribution in [1.82, 2.24) is 16.2 Å². The SMILES string of the molecule is O=C1NNC(Cc2cccc(-c3cccc(CNC4CCCC4)c3)c2)C2CCCCC12. The summed E-state index contributed by atoms with van der Waals surface area (Å²) in [6.45, 7) is 0.951. The maximum Gasteiger partial charge on any atom is 0.237 e. The van der Waals surface area contributed by atoms with E-state index in [1.807, 2.05) is 0 Å². The summed E-state index contributed by atoms with van der Waals surface area (Å²) < 4.78 is 0. The minimum atomic E-state index is 0.187. The molecular formula is C27H35N3O. The first-order chi connectivity index (χ1) is 15.3. The maximum atomic E-state index is 12.3. The fourth-order valence-electron chi connectivity index (χ4n) is 5.92. The van der Waals surface area contributed by atoms with E-state index in [1.54, 1.807) is 0 Å². The lowest BCUT2D eigenvalue weighted by Crippen LogP contribution is -2.60. The highest BCUT2D eigenvalue weighted by atomic mass is 16.2. The molecule has 1 amide bonds. The summed E-state index contributed by atoms with van der Waals surface area (Å²) in [4.78, 5) is 12.3. The molecule has 4 heteroatoms. The van der Waals surface area contributed by atoms with Crippen molar-refractivity contribution in [3.8, 4) is 11.1 Å². The van der Waals surface area contributed by atoms with Gasteiger partial charge in [-0.1, -0.05) is 68.1 Å². The molecule has 1 heterocycles. The first kappa shape index (κ1) is 20.7. The summed E-state index contributed by atoms with van der Waals surface area (Å²) in [5, 5.41) is 3.73. The van der Waals surface area contributed by atoms with Gasteiger partial charge in [-0.25, -0.2) is 5.43 Å². The molecule has 5 rings (SSSR count). The minimum Gasteiger partial charge on any atom is -0.310 e. The van der Waals surface area contributed by atoms with Crippen LogP contribution in [0.25, 0.3) is 11.1 Å². The van der Waals surface area contributed by atoms with Crippen LogP contribution in [0.1, 0.15) is 62.5 Å². The molecule has 0 spiro atoms. The number of rotatable bonds is 6. The fraction of sp³-hybridized carbons (Fsp3) is 0.519. The Kier molecular flexibility index (Phi) is 6.37. The van der Waals surface area contributed by atoms with Crippen molar-refractivity contribution in [3.63, 3.8) is 0 Å². The van der Waals surface area contributed by atoms with Crippen LogP contribution in [0.4, 0.5) is 0 Å². The van der Waals surface area contributed by atoms with Crippen LogP contribution in [-0.4, -0.2) is 18.0 Å². The Bertz CT molecular complexity index is 905. The Labute approximate surface area is 186 Å². The van der Waals surface area contributed by atoms with Gasteiger partial charge >= 0.3 is 0 Å². The van der Waals surface area contributed by atoms with E-state index in [2.05, 4.69) is 64.7 Å². The molecule has 3 atom stereocenters. The maximum absolute atomic E-state index is 12.3. The quantitative estimate of drug-likeness (QED) is 0.636. The average molecular weight is 418 g/mol. The second-order valence-corrected chi connectivity index (χ2v) is 9.76. The van der Waals surface area contributed by atoms with Crippen LogP contribution in [0.5, 0.6) is 0 Å². The molecule has 1 aliphatic heterocycles. The van der Waals surface area contributed by atoms with Gasteiger partial charge in [0, 0.05) is 24.5 Å². The van der Waals surface area contributed by atoms with Crippen molar-refractivity contribution in [2.75, 3.05) is 0 Å². The zero-order chi connectivity index (χ0) is 21.0. The molecule has 2 aromatic rings. The van der Waals surface area contributed by atoms with Crippen LogP contribution >= 0.6 is 0 Å². The highest BCUT2D eigenvalue weighted by molar-refractivity contribution is 5.79. The molecule has 4 nitrogen and oxygen atoms in total. The zero-order valence-corrected chi connectivity index (χ0v) is 18.4. The monoisotopic (exact) mass is 417 g/mol. The van der Waals surface area contributed by atoms with Gasteiger partial charge in [0.05, 0.1) is 0 Å². The van der Waals surface area contributed by atoms with E-state index in [1.165, 1.54) is 60.8 Å². The number of benzene rings is 2.